The van der Waals surface area contributed by atoms with E-state index in [1.54, 1.807) is 13.8 Å². The summed E-state index contributed by atoms with van der Waals surface area (Å²) in [6, 6.07) is 0. The van der Waals surface area contributed by atoms with Gasteiger partial charge in [0.2, 0.25) is 0 Å². The second-order valence-electron chi connectivity index (χ2n) is 2.23. The van der Waals surface area contributed by atoms with Crippen LogP contribution in [0.15, 0.2) is 0 Å². The van der Waals surface area contributed by atoms with Gasteiger partial charge >= 0.3 is 13.7 Å². The standard InChI is InChI=1S/C5H13Cl2NO4P2/c1-4-11-13(6,9)8(3)14(7,10)12-5-2/h4-5H2,1-3H3. The zero-order valence-corrected chi connectivity index (χ0v) is 11.4. The van der Waals surface area contributed by atoms with Crippen molar-refractivity contribution in [2.24, 2.45) is 0 Å². The average Bonchev–Trinajstić information content (AvgIpc) is 2.02. The van der Waals surface area contributed by atoms with Crippen molar-refractivity contribution in [3.05, 3.63) is 0 Å². The van der Waals surface area contributed by atoms with Crippen molar-refractivity contribution in [2.45, 2.75) is 13.8 Å². The van der Waals surface area contributed by atoms with Gasteiger partial charge in [0.1, 0.15) is 0 Å². The first-order chi connectivity index (χ1) is 6.28. The molecule has 0 aliphatic heterocycles. The van der Waals surface area contributed by atoms with Gasteiger partial charge in [-0.15, -0.1) is 4.44 Å². The van der Waals surface area contributed by atoms with Gasteiger partial charge in [0, 0.05) is 7.05 Å². The third-order valence-electron chi connectivity index (χ3n) is 1.27. The Kier molecular flexibility index (Phi) is 6.24. The van der Waals surface area contributed by atoms with E-state index in [1.807, 2.05) is 0 Å². The normalized spacial score (nSPS) is 20.4. The SMILES string of the molecule is CCOP(=O)(Cl)N(C)P(=O)(Cl)OCC. The molecule has 9 heteroatoms. The first kappa shape index (κ1) is 14.9. The maximum Gasteiger partial charge on any atom is 0.371 e. The van der Waals surface area contributed by atoms with E-state index in [-0.39, 0.29) is 13.2 Å². The molecule has 0 heterocycles. The minimum atomic E-state index is -3.65. The molecular weight excluding hydrogens is 271 g/mol. The summed E-state index contributed by atoms with van der Waals surface area (Å²) in [6.07, 6.45) is 0. The van der Waals surface area contributed by atoms with Gasteiger partial charge < -0.3 is 9.05 Å². The average molecular weight is 284 g/mol. The van der Waals surface area contributed by atoms with Crippen molar-refractivity contribution >= 4 is 36.2 Å². The number of halogens is 2. The maximum absolute atomic E-state index is 11.6. The molecule has 0 aliphatic rings. The molecule has 0 aromatic heterocycles. The molecule has 0 amide bonds. The van der Waals surface area contributed by atoms with Crippen molar-refractivity contribution < 1.29 is 18.2 Å². The van der Waals surface area contributed by atoms with Gasteiger partial charge in [0.25, 0.3) is 0 Å². The van der Waals surface area contributed by atoms with E-state index in [2.05, 4.69) is 0 Å². The van der Waals surface area contributed by atoms with Crippen LogP contribution < -0.4 is 0 Å². The highest BCUT2D eigenvalue weighted by Crippen LogP contribution is 2.71. The van der Waals surface area contributed by atoms with Crippen LogP contribution in [0.2, 0.25) is 0 Å². The Morgan fingerprint density at radius 2 is 1.36 bits per heavy atom. The van der Waals surface area contributed by atoms with E-state index in [0.29, 0.717) is 0 Å². The molecule has 0 aromatic carbocycles. The molecular formula is C5H13Cl2NO4P2. The zero-order valence-electron chi connectivity index (χ0n) is 8.14. The lowest BCUT2D eigenvalue weighted by Crippen LogP contribution is -2.10. The molecule has 2 atom stereocenters. The minimum Gasteiger partial charge on any atom is -0.306 e. The number of hydrogen-bond donors (Lipinski definition) is 0. The maximum atomic E-state index is 11.6. The first-order valence-electron chi connectivity index (χ1n) is 3.91. The van der Waals surface area contributed by atoms with Gasteiger partial charge in [0.05, 0.1) is 13.2 Å². The van der Waals surface area contributed by atoms with Crippen LogP contribution >= 0.6 is 36.2 Å². The predicted octanol–water partition coefficient (Wildman–Crippen LogP) is 3.69. The fourth-order valence-corrected chi connectivity index (χ4v) is 5.41. The third-order valence-corrected chi connectivity index (χ3v) is 7.80. The fraction of sp³-hybridized carbons (Fsp3) is 1.00. The first-order valence-corrected chi connectivity index (χ1v) is 8.87. The van der Waals surface area contributed by atoms with Crippen LogP contribution in [0.5, 0.6) is 0 Å². The van der Waals surface area contributed by atoms with Gasteiger partial charge in [0.15, 0.2) is 0 Å². The van der Waals surface area contributed by atoms with Crippen LogP contribution in [0, 0.1) is 0 Å². The van der Waals surface area contributed by atoms with Crippen molar-refractivity contribution in [1.82, 2.24) is 4.44 Å². The molecule has 0 aliphatic carbocycles. The van der Waals surface area contributed by atoms with Crippen LogP contribution in [-0.4, -0.2) is 24.7 Å². The molecule has 0 N–H and O–H groups in total. The molecule has 0 bridgehead atoms. The van der Waals surface area contributed by atoms with Gasteiger partial charge in [-0.1, -0.05) is 0 Å². The molecule has 0 radical (unpaired) electrons. The smallest absolute Gasteiger partial charge is 0.306 e. The molecule has 0 aromatic rings. The van der Waals surface area contributed by atoms with E-state index in [0.717, 1.165) is 4.44 Å². The molecule has 0 fully saturated rings. The highest BCUT2D eigenvalue weighted by atomic mass is 35.7. The number of nitrogens with zero attached hydrogens (tertiary/aromatic N) is 1. The summed E-state index contributed by atoms with van der Waals surface area (Å²) >= 11 is 11.1. The summed E-state index contributed by atoms with van der Waals surface area (Å²) in [5.74, 6) is 0. The molecule has 0 rings (SSSR count). The van der Waals surface area contributed by atoms with Gasteiger partial charge in [-0.25, -0.2) is 0 Å². The molecule has 2 unspecified atom stereocenters. The van der Waals surface area contributed by atoms with Crippen molar-refractivity contribution in [1.29, 1.82) is 0 Å². The van der Waals surface area contributed by atoms with E-state index >= 15 is 0 Å². The van der Waals surface area contributed by atoms with E-state index < -0.39 is 13.7 Å². The monoisotopic (exact) mass is 283 g/mol. The summed E-state index contributed by atoms with van der Waals surface area (Å²) in [5.41, 5.74) is 0. The fourth-order valence-electron chi connectivity index (χ4n) is 0.613. The van der Waals surface area contributed by atoms with Crippen LogP contribution in [0.25, 0.3) is 0 Å². The van der Waals surface area contributed by atoms with Crippen LogP contribution in [0.1, 0.15) is 13.8 Å². The Balaban J connectivity index is 4.67. The minimum absolute atomic E-state index is 0.133. The lowest BCUT2D eigenvalue weighted by molar-refractivity contribution is 0.296. The van der Waals surface area contributed by atoms with Crippen molar-refractivity contribution in [3.8, 4) is 0 Å². The zero-order chi connectivity index (χ0) is 11.4. The van der Waals surface area contributed by atoms with Crippen molar-refractivity contribution in [3.63, 3.8) is 0 Å². The van der Waals surface area contributed by atoms with E-state index in [9.17, 15) is 9.13 Å². The molecule has 0 spiro atoms. The predicted molar refractivity (Wildman–Crippen MR) is 57.9 cm³/mol. The topological polar surface area (TPSA) is 55.8 Å². The molecule has 0 saturated carbocycles. The highest BCUT2D eigenvalue weighted by Gasteiger charge is 2.39. The third kappa shape index (κ3) is 4.19. The van der Waals surface area contributed by atoms with Crippen LogP contribution in [0.3, 0.4) is 0 Å². The summed E-state index contributed by atoms with van der Waals surface area (Å²) in [4.78, 5) is 0. The second kappa shape index (κ2) is 5.86. The van der Waals surface area contributed by atoms with Gasteiger partial charge in [-0.2, -0.15) is 0 Å². The second-order valence-corrected chi connectivity index (χ2v) is 8.63. The van der Waals surface area contributed by atoms with E-state index in [4.69, 9.17) is 31.5 Å². The molecule has 14 heavy (non-hydrogen) atoms. The molecule has 0 saturated heterocycles. The lowest BCUT2D eigenvalue weighted by Gasteiger charge is -2.24. The summed E-state index contributed by atoms with van der Waals surface area (Å²) in [5, 5.41) is 0. The Morgan fingerprint density at radius 1 is 1.07 bits per heavy atom. The highest BCUT2D eigenvalue weighted by molar-refractivity contribution is 7.96. The summed E-state index contributed by atoms with van der Waals surface area (Å²) in [6.45, 7) is -3.80. The largest absolute Gasteiger partial charge is 0.371 e. The lowest BCUT2D eigenvalue weighted by atomic mass is 10.9. The summed E-state index contributed by atoms with van der Waals surface area (Å²) in [7, 11) is 1.23. The summed E-state index contributed by atoms with van der Waals surface area (Å²) < 4.78 is 33.3. The Bertz CT molecular complexity index is 248. The van der Waals surface area contributed by atoms with Crippen LogP contribution in [0.4, 0.5) is 0 Å². The Labute approximate surface area is 93.2 Å². The number of rotatable bonds is 6. The van der Waals surface area contributed by atoms with Gasteiger partial charge in [-0.3, -0.25) is 9.13 Å². The molecule has 86 valence electrons. The Morgan fingerprint density at radius 3 is 1.57 bits per heavy atom. The van der Waals surface area contributed by atoms with Gasteiger partial charge in [-0.05, 0) is 36.3 Å². The van der Waals surface area contributed by atoms with Crippen molar-refractivity contribution in [2.75, 3.05) is 20.3 Å². The van der Waals surface area contributed by atoms with Crippen LogP contribution in [-0.2, 0) is 18.2 Å². The Hall–Kier alpha value is 0.920. The number of hydrogen-bond acceptors (Lipinski definition) is 4. The van der Waals surface area contributed by atoms with E-state index in [1.165, 1.54) is 7.05 Å². The quantitative estimate of drug-likeness (QED) is 0.696. The molecule has 5 nitrogen and oxygen atoms in total.